The summed E-state index contributed by atoms with van der Waals surface area (Å²) in [5, 5.41) is 15.4. The number of aliphatic hydroxyl groups is 1. The van der Waals surface area contributed by atoms with Crippen molar-refractivity contribution in [3.63, 3.8) is 0 Å². The molecule has 4 nitrogen and oxygen atoms in total. The molecule has 0 aliphatic heterocycles. The molecule has 1 unspecified atom stereocenters. The molecule has 1 atom stereocenters. The molecule has 0 heterocycles. The molecule has 5 heteroatoms. The first-order chi connectivity index (χ1) is 9.54. The van der Waals surface area contributed by atoms with Crippen LogP contribution in [0, 0.1) is 0 Å². The van der Waals surface area contributed by atoms with Crippen LogP contribution in [0.1, 0.15) is 18.6 Å². The molecule has 0 aliphatic carbocycles. The van der Waals surface area contributed by atoms with E-state index >= 15 is 0 Å². The fraction of sp³-hybridized carbons (Fsp3) is 0.133. The van der Waals surface area contributed by atoms with E-state index in [1.165, 1.54) is 0 Å². The van der Waals surface area contributed by atoms with Crippen LogP contribution in [-0.2, 0) is 0 Å². The van der Waals surface area contributed by atoms with Crippen molar-refractivity contribution in [2.24, 2.45) is 0 Å². The van der Waals surface area contributed by atoms with Gasteiger partial charge in [-0.3, -0.25) is 0 Å². The van der Waals surface area contributed by atoms with Crippen LogP contribution in [0.5, 0.6) is 0 Å². The third-order valence-corrected chi connectivity index (χ3v) is 2.94. The Bertz CT molecular complexity index is 614. The van der Waals surface area contributed by atoms with E-state index in [1.54, 1.807) is 55.5 Å². The number of hydrogen-bond acceptors (Lipinski definition) is 2. The van der Waals surface area contributed by atoms with Crippen molar-refractivity contribution in [1.82, 2.24) is 0 Å². The van der Waals surface area contributed by atoms with Crippen LogP contribution in [0.15, 0.2) is 48.5 Å². The Balaban J connectivity index is 2.03. The Morgan fingerprint density at radius 2 is 1.70 bits per heavy atom. The highest BCUT2D eigenvalue weighted by Gasteiger charge is 2.05. The van der Waals surface area contributed by atoms with Gasteiger partial charge in [0.1, 0.15) is 0 Å². The topological polar surface area (TPSA) is 61.4 Å². The number of nitrogens with one attached hydrogen (secondary N) is 2. The van der Waals surface area contributed by atoms with Crippen LogP contribution < -0.4 is 10.6 Å². The zero-order valence-electron chi connectivity index (χ0n) is 10.9. The first kappa shape index (κ1) is 14.4. The maximum Gasteiger partial charge on any atom is 0.323 e. The highest BCUT2D eigenvalue weighted by Crippen LogP contribution is 2.18. The number of carbonyl (C=O) groups is 1. The lowest BCUT2D eigenvalue weighted by atomic mass is 10.1. The molecule has 2 amide bonds. The molecule has 0 aliphatic rings. The molecule has 104 valence electrons. The van der Waals surface area contributed by atoms with Crippen molar-refractivity contribution in [2.75, 3.05) is 10.6 Å². The van der Waals surface area contributed by atoms with Crippen molar-refractivity contribution in [3.05, 3.63) is 59.1 Å². The van der Waals surface area contributed by atoms with Gasteiger partial charge in [0.05, 0.1) is 6.10 Å². The number of halogens is 1. The minimum absolute atomic E-state index is 0.366. The molecule has 3 N–H and O–H groups in total. The minimum Gasteiger partial charge on any atom is -0.389 e. The van der Waals surface area contributed by atoms with Crippen LogP contribution in [0.2, 0.25) is 5.02 Å². The van der Waals surface area contributed by atoms with Gasteiger partial charge in [0.2, 0.25) is 0 Å². The van der Waals surface area contributed by atoms with E-state index in [0.717, 1.165) is 5.56 Å². The highest BCUT2D eigenvalue weighted by atomic mass is 35.5. The lowest BCUT2D eigenvalue weighted by molar-refractivity contribution is 0.199. The quantitative estimate of drug-likeness (QED) is 0.799. The first-order valence-electron chi connectivity index (χ1n) is 6.16. The Morgan fingerprint density at radius 1 is 1.10 bits per heavy atom. The lowest BCUT2D eigenvalue weighted by Crippen LogP contribution is -2.19. The third kappa shape index (κ3) is 3.98. The number of urea groups is 1. The zero-order valence-corrected chi connectivity index (χ0v) is 11.7. The van der Waals surface area contributed by atoms with Gasteiger partial charge < -0.3 is 15.7 Å². The fourth-order valence-electron chi connectivity index (χ4n) is 1.74. The van der Waals surface area contributed by atoms with E-state index < -0.39 is 6.10 Å². The lowest BCUT2D eigenvalue weighted by Gasteiger charge is -2.10. The zero-order chi connectivity index (χ0) is 14.5. The number of carbonyl (C=O) groups excluding carboxylic acids is 1. The second-order valence-electron chi connectivity index (χ2n) is 4.39. The summed E-state index contributed by atoms with van der Waals surface area (Å²) in [4.78, 5) is 11.8. The summed E-state index contributed by atoms with van der Waals surface area (Å²) < 4.78 is 0. The SMILES string of the molecule is CC(O)c1cccc(NC(=O)Nc2cccc(Cl)c2)c1. The summed E-state index contributed by atoms with van der Waals surface area (Å²) in [6, 6.07) is 13.6. The number of rotatable bonds is 3. The van der Waals surface area contributed by atoms with E-state index in [2.05, 4.69) is 10.6 Å². The molecule has 0 aromatic heterocycles. The van der Waals surface area contributed by atoms with Crippen LogP contribution in [-0.4, -0.2) is 11.1 Å². The number of aliphatic hydroxyl groups excluding tert-OH is 1. The molecule has 0 fully saturated rings. The number of amides is 2. The van der Waals surface area contributed by atoms with Crippen molar-refractivity contribution in [2.45, 2.75) is 13.0 Å². The van der Waals surface area contributed by atoms with E-state index in [9.17, 15) is 9.90 Å². The molecule has 2 aromatic rings. The maximum absolute atomic E-state index is 11.8. The Hall–Kier alpha value is -2.04. The molecule has 2 aromatic carbocycles. The summed E-state index contributed by atoms with van der Waals surface area (Å²) in [5.41, 5.74) is 1.97. The van der Waals surface area contributed by atoms with Crippen molar-refractivity contribution >= 4 is 29.0 Å². The van der Waals surface area contributed by atoms with Gasteiger partial charge in [-0.25, -0.2) is 4.79 Å². The maximum atomic E-state index is 11.8. The summed E-state index contributed by atoms with van der Waals surface area (Å²) in [6.45, 7) is 1.67. The second-order valence-corrected chi connectivity index (χ2v) is 4.83. The largest absolute Gasteiger partial charge is 0.389 e. The molecule has 0 radical (unpaired) electrons. The van der Waals surface area contributed by atoms with Gasteiger partial charge in [-0.05, 0) is 42.8 Å². The van der Waals surface area contributed by atoms with Gasteiger partial charge in [0.15, 0.2) is 0 Å². The van der Waals surface area contributed by atoms with E-state index in [1.807, 2.05) is 0 Å². The molecular weight excluding hydrogens is 276 g/mol. The third-order valence-electron chi connectivity index (χ3n) is 2.71. The average Bonchev–Trinajstić information content (AvgIpc) is 2.38. The highest BCUT2D eigenvalue weighted by molar-refractivity contribution is 6.30. The van der Waals surface area contributed by atoms with Crippen molar-refractivity contribution in [3.8, 4) is 0 Å². The van der Waals surface area contributed by atoms with Crippen LogP contribution >= 0.6 is 11.6 Å². The molecule has 0 bridgehead atoms. The average molecular weight is 291 g/mol. The van der Waals surface area contributed by atoms with E-state index in [-0.39, 0.29) is 6.03 Å². The number of benzene rings is 2. The van der Waals surface area contributed by atoms with E-state index in [4.69, 9.17) is 11.6 Å². The molecule has 0 saturated carbocycles. The van der Waals surface area contributed by atoms with E-state index in [0.29, 0.717) is 16.4 Å². The van der Waals surface area contributed by atoms with Gasteiger partial charge >= 0.3 is 6.03 Å². The summed E-state index contributed by atoms with van der Waals surface area (Å²) >= 11 is 5.84. The molecule has 20 heavy (non-hydrogen) atoms. The number of anilines is 2. The Kier molecular flexibility index (Phi) is 4.61. The second kappa shape index (κ2) is 6.41. The smallest absolute Gasteiger partial charge is 0.323 e. The van der Waals surface area contributed by atoms with Crippen molar-refractivity contribution < 1.29 is 9.90 Å². The van der Waals surface area contributed by atoms with Gasteiger partial charge in [0, 0.05) is 16.4 Å². The van der Waals surface area contributed by atoms with Gasteiger partial charge in [-0.2, -0.15) is 0 Å². The predicted molar refractivity (Wildman–Crippen MR) is 81.2 cm³/mol. The predicted octanol–water partition coefficient (Wildman–Crippen LogP) is 4.04. The normalized spacial score (nSPS) is 11.8. The standard InChI is InChI=1S/C15H15ClN2O2/c1-10(19)11-4-2-6-13(8-11)17-15(20)18-14-7-3-5-12(16)9-14/h2-10,19H,1H3,(H2,17,18,20). The van der Waals surface area contributed by atoms with Crippen LogP contribution in [0.3, 0.4) is 0 Å². The van der Waals surface area contributed by atoms with Crippen molar-refractivity contribution in [1.29, 1.82) is 0 Å². The molecular formula is C15H15ClN2O2. The first-order valence-corrected chi connectivity index (χ1v) is 6.54. The summed E-state index contributed by atoms with van der Waals surface area (Å²) in [7, 11) is 0. The van der Waals surface area contributed by atoms with Crippen LogP contribution in [0.4, 0.5) is 16.2 Å². The molecule has 2 rings (SSSR count). The summed E-state index contributed by atoms with van der Waals surface area (Å²) in [6.07, 6.45) is -0.576. The Morgan fingerprint density at radius 3 is 2.30 bits per heavy atom. The fourth-order valence-corrected chi connectivity index (χ4v) is 1.93. The van der Waals surface area contributed by atoms with Gasteiger partial charge in [-0.15, -0.1) is 0 Å². The van der Waals surface area contributed by atoms with Gasteiger partial charge in [0.25, 0.3) is 0 Å². The Labute approximate surface area is 122 Å². The number of hydrogen-bond donors (Lipinski definition) is 3. The summed E-state index contributed by atoms with van der Waals surface area (Å²) in [5.74, 6) is 0. The molecule has 0 saturated heterocycles. The molecule has 0 spiro atoms. The van der Waals surface area contributed by atoms with Gasteiger partial charge in [-0.1, -0.05) is 29.8 Å². The monoisotopic (exact) mass is 290 g/mol. The minimum atomic E-state index is -0.576. The van der Waals surface area contributed by atoms with Crippen LogP contribution in [0.25, 0.3) is 0 Å².